The number of amides is 1. The summed E-state index contributed by atoms with van der Waals surface area (Å²) in [6.45, 7) is 0. The molecule has 22 heavy (non-hydrogen) atoms. The molecule has 0 aliphatic rings. The van der Waals surface area contributed by atoms with Crippen LogP contribution in [-0.2, 0) is 4.79 Å². The Hall–Kier alpha value is -1.50. The summed E-state index contributed by atoms with van der Waals surface area (Å²) in [6.07, 6.45) is 0. The van der Waals surface area contributed by atoms with E-state index in [0.29, 0.717) is 5.02 Å². The Labute approximate surface area is 145 Å². The third-order valence-corrected chi connectivity index (χ3v) is 4.45. The van der Waals surface area contributed by atoms with Crippen molar-refractivity contribution in [2.24, 2.45) is 0 Å². The first-order chi connectivity index (χ1) is 10.5. The molecule has 0 saturated heterocycles. The van der Waals surface area contributed by atoms with Gasteiger partial charge in [0.05, 0.1) is 17.0 Å². The number of aromatic carboxylic acids is 1. The van der Waals surface area contributed by atoms with E-state index in [0.717, 1.165) is 9.37 Å². The van der Waals surface area contributed by atoms with Gasteiger partial charge < -0.3 is 10.4 Å². The van der Waals surface area contributed by atoms with Crippen LogP contribution < -0.4 is 5.32 Å². The van der Waals surface area contributed by atoms with E-state index in [1.54, 1.807) is 0 Å². The zero-order valence-electron chi connectivity index (χ0n) is 11.2. The van der Waals surface area contributed by atoms with Gasteiger partial charge in [-0.25, -0.2) is 4.79 Å². The molecular formula is C15H11BrClNO3S. The minimum atomic E-state index is -1.14. The average Bonchev–Trinajstić information content (AvgIpc) is 2.48. The lowest BCUT2D eigenvalue weighted by Crippen LogP contribution is -2.16. The molecule has 0 atom stereocenters. The molecule has 2 N–H and O–H groups in total. The van der Waals surface area contributed by atoms with Crippen LogP contribution in [0.15, 0.2) is 51.8 Å². The lowest BCUT2D eigenvalue weighted by atomic mass is 10.2. The maximum atomic E-state index is 11.9. The molecule has 114 valence electrons. The van der Waals surface area contributed by atoms with Gasteiger partial charge in [0, 0.05) is 14.4 Å². The molecule has 2 aromatic carbocycles. The van der Waals surface area contributed by atoms with E-state index in [4.69, 9.17) is 16.7 Å². The monoisotopic (exact) mass is 399 g/mol. The SMILES string of the molecule is O=C(CSc1ccc(Br)cc1)Nc1ccc(Cl)cc1C(=O)O. The number of carbonyl (C=O) groups excluding carboxylic acids is 1. The van der Waals surface area contributed by atoms with Gasteiger partial charge in [-0.2, -0.15) is 0 Å². The van der Waals surface area contributed by atoms with Crippen molar-refractivity contribution in [1.82, 2.24) is 0 Å². The summed E-state index contributed by atoms with van der Waals surface area (Å²) in [6, 6.07) is 11.9. The highest BCUT2D eigenvalue weighted by molar-refractivity contribution is 9.10. The van der Waals surface area contributed by atoms with Gasteiger partial charge >= 0.3 is 5.97 Å². The predicted octanol–water partition coefficient (Wildman–Crippen LogP) is 4.53. The second-order valence-corrected chi connectivity index (χ2v) is 6.69. The van der Waals surface area contributed by atoms with E-state index in [-0.39, 0.29) is 22.9 Å². The fourth-order valence-corrected chi connectivity index (χ4v) is 2.80. The Morgan fingerprint density at radius 3 is 2.50 bits per heavy atom. The first kappa shape index (κ1) is 16.9. The molecule has 0 fully saturated rings. The lowest BCUT2D eigenvalue weighted by Gasteiger charge is -2.09. The van der Waals surface area contributed by atoms with Crippen LogP contribution >= 0.6 is 39.3 Å². The summed E-state index contributed by atoms with van der Waals surface area (Å²) in [4.78, 5) is 24.0. The van der Waals surface area contributed by atoms with Crippen LogP contribution in [0.3, 0.4) is 0 Å². The van der Waals surface area contributed by atoms with Gasteiger partial charge in [-0.15, -0.1) is 11.8 Å². The molecule has 0 heterocycles. The number of carboxylic acids is 1. The van der Waals surface area contributed by atoms with E-state index in [1.807, 2.05) is 24.3 Å². The largest absolute Gasteiger partial charge is 0.478 e. The lowest BCUT2D eigenvalue weighted by molar-refractivity contribution is -0.113. The molecule has 0 radical (unpaired) electrons. The zero-order valence-corrected chi connectivity index (χ0v) is 14.3. The summed E-state index contributed by atoms with van der Waals surface area (Å²) < 4.78 is 0.966. The Balaban J connectivity index is 2.00. The summed E-state index contributed by atoms with van der Waals surface area (Å²) in [5, 5.41) is 12.0. The van der Waals surface area contributed by atoms with E-state index in [2.05, 4.69) is 21.2 Å². The fourth-order valence-electron chi connectivity index (χ4n) is 1.67. The van der Waals surface area contributed by atoms with Crippen molar-refractivity contribution in [2.45, 2.75) is 4.90 Å². The molecule has 2 aromatic rings. The van der Waals surface area contributed by atoms with Crippen molar-refractivity contribution in [1.29, 1.82) is 0 Å². The smallest absolute Gasteiger partial charge is 0.337 e. The molecule has 0 aromatic heterocycles. The van der Waals surface area contributed by atoms with Crippen molar-refractivity contribution in [2.75, 3.05) is 11.1 Å². The van der Waals surface area contributed by atoms with Crippen molar-refractivity contribution < 1.29 is 14.7 Å². The third kappa shape index (κ3) is 4.76. The highest BCUT2D eigenvalue weighted by atomic mass is 79.9. The number of carbonyl (C=O) groups is 2. The number of hydrogen-bond acceptors (Lipinski definition) is 3. The van der Waals surface area contributed by atoms with Crippen LogP contribution in [0.1, 0.15) is 10.4 Å². The molecule has 0 aliphatic heterocycles. The molecule has 1 amide bonds. The second kappa shape index (κ2) is 7.67. The number of nitrogens with one attached hydrogen (secondary N) is 1. The molecule has 2 rings (SSSR count). The summed E-state index contributed by atoms with van der Waals surface area (Å²) >= 11 is 10.5. The predicted molar refractivity (Wildman–Crippen MR) is 91.9 cm³/mol. The van der Waals surface area contributed by atoms with Gasteiger partial charge in [0.25, 0.3) is 0 Å². The van der Waals surface area contributed by atoms with Crippen LogP contribution in [-0.4, -0.2) is 22.7 Å². The van der Waals surface area contributed by atoms with Gasteiger partial charge in [0.1, 0.15) is 0 Å². The minimum Gasteiger partial charge on any atom is -0.478 e. The molecular weight excluding hydrogens is 390 g/mol. The number of hydrogen-bond donors (Lipinski definition) is 2. The average molecular weight is 401 g/mol. The molecule has 4 nitrogen and oxygen atoms in total. The number of benzene rings is 2. The second-order valence-electron chi connectivity index (χ2n) is 4.29. The van der Waals surface area contributed by atoms with Gasteiger partial charge in [-0.1, -0.05) is 27.5 Å². The van der Waals surface area contributed by atoms with Crippen LogP contribution in [0, 0.1) is 0 Å². The van der Waals surface area contributed by atoms with Gasteiger partial charge in [0.2, 0.25) is 5.91 Å². The molecule has 0 spiro atoms. The van der Waals surface area contributed by atoms with E-state index >= 15 is 0 Å². The maximum absolute atomic E-state index is 11.9. The van der Waals surface area contributed by atoms with Crippen LogP contribution in [0.5, 0.6) is 0 Å². The Morgan fingerprint density at radius 1 is 1.18 bits per heavy atom. The quantitative estimate of drug-likeness (QED) is 0.724. The molecule has 7 heteroatoms. The van der Waals surface area contributed by atoms with Crippen molar-refractivity contribution >= 4 is 56.9 Å². The molecule has 0 bridgehead atoms. The zero-order chi connectivity index (χ0) is 16.1. The van der Waals surface area contributed by atoms with E-state index in [9.17, 15) is 9.59 Å². The number of rotatable bonds is 5. The highest BCUT2D eigenvalue weighted by Gasteiger charge is 2.13. The highest BCUT2D eigenvalue weighted by Crippen LogP contribution is 2.23. The van der Waals surface area contributed by atoms with Crippen molar-refractivity contribution in [3.8, 4) is 0 Å². The van der Waals surface area contributed by atoms with Crippen LogP contribution in [0.2, 0.25) is 5.02 Å². The van der Waals surface area contributed by atoms with Crippen LogP contribution in [0.25, 0.3) is 0 Å². The summed E-state index contributed by atoms with van der Waals surface area (Å²) in [5.74, 6) is -1.24. The molecule has 0 aliphatic carbocycles. The Kier molecular flexibility index (Phi) is 5.88. The van der Waals surface area contributed by atoms with Crippen molar-refractivity contribution in [3.05, 3.63) is 57.5 Å². The topological polar surface area (TPSA) is 66.4 Å². The third-order valence-electron chi connectivity index (χ3n) is 2.67. The van der Waals surface area contributed by atoms with Crippen LogP contribution in [0.4, 0.5) is 5.69 Å². The van der Waals surface area contributed by atoms with Gasteiger partial charge in [-0.05, 0) is 42.5 Å². The number of thioether (sulfide) groups is 1. The molecule has 0 saturated carbocycles. The number of halogens is 2. The summed E-state index contributed by atoms with van der Waals surface area (Å²) in [5.41, 5.74) is 0.202. The fraction of sp³-hybridized carbons (Fsp3) is 0.0667. The van der Waals surface area contributed by atoms with E-state index in [1.165, 1.54) is 30.0 Å². The number of carboxylic acid groups (broad SMARTS) is 1. The standard InChI is InChI=1S/C15H11BrClNO3S/c16-9-1-4-11(5-2-9)22-8-14(19)18-13-6-3-10(17)7-12(13)15(20)21/h1-7H,8H2,(H,18,19)(H,20,21). The van der Waals surface area contributed by atoms with E-state index < -0.39 is 5.97 Å². The van der Waals surface area contributed by atoms with Crippen molar-refractivity contribution in [3.63, 3.8) is 0 Å². The first-order valence-electron chi connectivity index (χ1n) is 6.17. The Morgan fingerprint density at radius 2 is 1.86 bits per heavy atom. The summed E-state index contributed by atoms with van der Waals surface area (Å²) in [7, 11) is 0. The Bertz CT molecular complexity index is 706. The first-order valence-corrected chi connectivity index (χ1v) is 8.32. The van der Waals surface area contributed by atoms with Gasteiger partial charge in [0.15, 0.2) is 0 Å². The molecule has 0 unspecified atom stereocenters. The normalized spacial score (nSPS) is 10.3. The minimum absolute atomic E-state index is 0.0329. The number of anilines is 1. The maximum Gasteiger partial charge on any atom is 0.337 e. The van der Waals surface area contributed by atoms with Gasteiger partial charge in [-0.3, -0.25) is 4.79 Å².